The minimum absolute atomic E-state index is 0.761. The summed E-state index contributed by atoms with van der Waals surface area (Å²) in [6.07, 6.45) is 3.55. The van der Waals surface area contributed by atoms with Gasteiger partial charge in [0.25, 0.3) is 0 Å². The SMILES string of the molecule is Cc1ccc(-c2nnc3sc(-c4cccnc4)nn23)cc1. The van der Waals surface area contributed by atoms with Gasteiger partial charge in [-0.15, -0.1) is 10.2 Å². The summed E-state index contributed by atoms with van der Waals surface area (Å²) in [5.41, 5.74) is 3.22. The van der Waals surface area contributed by atoms with Gasteiger partial charge in [0.15, 0.2) is 5.82 Å². The minimum Gasteiger partial charge on any atom is -0.264 e. The van der Waals surface area contributed by atoms with E-state index in [9.17, 15) is 0 Å². The van der Waals surface area contributed by atoms with Crippen LogP contribution in [-0.2, 0) is 0 Å². The van der Waals surface area contributed by atoms with E-state index in [1.54, 1.807) is 16.9 Å². The highest BCUT2D eigenvalue weighted by Crippen LogP contribution is 2.27. The van der Waals surface area contributed by atoms with Crippen molar-refractivity contribution in [2.45, 2.75) is 6.92 Å². The molecule has 0 N–H and O–H groups in total. The zero-order valence-electron chi connectivity index (χ0n) is 11.3. The Hall–Kier alpha value is -2.60. The van der Waals surface area contributed by atoms with Crippen molar-refractivity contribution >= 4 is 16.3 Å². The van der Waals surface area contributed by atoms with Crippen LogP contribution < -0.4 is 0 Å². The van der Waals surface area contributed by atoms with Gasteiger partial charge in [-0.2, -0.15) is 9.61 Å². The lowest BCUT2D eigenvalue weighted by Crippen LogP contribution is -1.91. The molecule has 0 spiro atoms. The number of aromatic nitrogens is 5. The maximum absolute atomic E-state index is 4.61. The molecule has 102 valence electrons. The summed E-state index contributed by atoms with van der Waals surface area (Å²) in [5, 5.41) is 13.9. The highest BCUT2D eigenvalue weighted by Gasteiger charge is 2.14. The fourth-order valence-electron chi connectivity index (χ4n) is 2.11. The van der Waals surface area contributed by atoms with Gasteiger partial charge in [0.05, 0.1) is 0 Å². The van der Waals surface area contributed by atoms with Gasteiger partial charge in [-0.05, 0) is 19.1 Å². The van der Waals surface area contributed by atoms with Gasteiger partial charge in [0.1, 0.15) is 5.01 Å². The molecule has 0 aliphatic carbocycles. The van der Waals surface area contributed by atoms with E-state index in [2.05, 4.69) is 39.3 Å². The van der Waals surface area contributed by atoms with E-state index < -0.39 is 0 Å². The van der Waals surface area contributed by atoms with Crippen LogP contribution in [0, 0.1) is 6.92 Å². The van der Waals surface area contributed by atoms with Crippen molar-refractivity contribution in [3.05, 3.63) is 54.4 Å². The summed E-state index contributed by atoms with van der Waals surface area (Å²) < 4.78 is 1.79. The Morgan fingerprint density at radius 3 is 2.62 bits per heavy atom. The first-order chi connectivity index (χ1) is 10.3. The van der Waals surface area contributed by atoms with E-state index in [0.717, 1.165) is 26.9 Å². The van der Waals surface area contributed by atoms with Crippen molar-refractivity contribution < 1.29 is 0 Å². The number of pyridine rings is 1. The molecule has 3 aromatic heterocycles. The van der Waals surface area contributed by atoms with Crippen LogP contribution in [-0.4, -0.2) is 24.8 Å². The summed E-state index contributed by atoms with van der Waals surface area (Å²) in [5.74, 6) is 0.761. The first-order valence-electron chi connectivity index (χ1n) is 6.51. The molecular weight excluding hydrogens is 282 g/mol. The Morgan fingerprint density at radius 2 is 1.86 bits per heavy atom. The smallest absolute Gasteiger partial charge is 0.235 e. The highest BCUT2D eigenvalue weighted by atomic mass is 32.1. The second-order valence-electron chi connectivity index (χ2n) is 4.73. The van der Waals surface area contributed by atoms with Crippen LogP contribution in [0.1, 0.15) is 5.56 Å². The molecule has 0 aliphatic heterocycles. The van der Waals surface area contributed by atoms with Gasteiger partial charge in [-0.25, -0.2) is 0 Å². The Morgan fingerprint density at radius 1 is 1.00 bits per heavy atom. The molecule has 0 amide bonds. The summed E-state index contributed by atoms with van der Waals surface area (Å²) in [6, 6.07) is 12.1. The quantitative estimate of drug-likeness (QED) is 0.569. The van der Waals surface area contributed by atoms with Crippen LogP contribution in [0.4, 0.5) is 0 Å². The molecule has 0 radical (unpaired) electrons. The van der Waals surface area contributed by atoms with Crippen molar-refractivity contribution in [2.75, 3.05) is 0 Å². The number of rotatable bonds is 2. The molecule has 6 heteroatoms. The summed E-state index contributed by atoms with van der Waals surface area (Å²) in [6.45, 7) is 2.06. The molecular formula is C15H11N5S. The third-order valence-electron chi connectivity index (χ3n) is 3.21. The van der Waals surface area contributed by atoms with Crippen molar-refractivity contribution in [3.63, 3.8) is 0 Å². The number of fused-ring (bicyclic) bond motifs is 1. The van der Waals surface area contributed by atoms with Gasteiger partial charge >= 0.3 is 0 Å². The lowest BCUT2D eigenvalue weighted by Gasteiger charge is -1.97. The molecule has 0 aliphatic rings. The van der Waals surface area contributed by atoms with Crippen LogP contribution in [0.2, 0.25) is 0 Å². The maximum atomic E-state index is 4.61. The largest absolute Gasteiger partial charge is 0.264 e. The van der Waals surface area contributed by atoms with Gasteiger partial charge in [0, 0.05) is 23.5 Å². The van der Waals surface area contributed by atoms with E-state index >= 15 is 0 Å². The Bertz CT molecular complexity index is 893. The molecule has 1 aromatic carbocycles. The molecule has 3 heterocycles. The fourth-order valence-corrected chi connectivity index (χ4v) is 2.93. The van der Waals surface area contributed by atoms with Crippen LogP contribution in [0.5, 0.6) is 0 Å². The standard InChI is InChI=1S/C15H11N5S/c1-10-4-6-11(7-5-10)13-17-18-15-20(13)19-14(21-15)12-3-2-8-16-9-12/h2-9H,1H3. The Labute approximate surface area is 124 Å². The van der Waals surface area contributed by atoms with Crippen LogP contribution in [0.25, 0.3) is 26.9 Å². The average Bonchev–Trinajstić information content (AvgIpc) is 3.09. The molecule has 0 atom stereocenters. The molecule has 0 saturated carbocycles. The monoisotopic (exact) mass is 293 g/mol. The molecule has 5 nitrogen and oxygen atoms in total. The molecule has 0 unspecified atom stereocenters. The lowest BCUT2D eigenvalue weighted by molar-refractivity contribution is 0.970. The van der Waals surface area contributed by atoms with Crippen molar-refractivity contribution in [3.8, 4) is 22.0 Å². The van der Waals surface area contributed by atoms with E-state index in [4.69, 9.17) is 0 Å². The summed E-state index contributed by atoms with van der Waals surface area (Å²) >= 11 is 1.51. The van der Waals surface area contributed by atoms with Gasteiger partial charge in [-0.3, -0.25) is 4.98 Å². The van der Waals surface area contributed by atoms with Gasteiger partial charge in [0.2, 0.25) is 4.96 Å². The molecule has 4 rings (SSSR count). The minimum atomic E-state index is 0.761. The zero-order chi connectivity index (χ0) is 14.2. The van der Waals surface area contributed by atoms with Crippen LogP contribution in [0.15, 0.2) is 48.8 Å². The highest BCUT2D eigenvalue weighted by molar-refractivity contribution is 7.19. The lowest BCUT2D eigenvalue weighted by atomic mass is 10.1. The number of hydrogen-bond donors (Lipinski definition) is 0. The second kappa shape index (κ2) is 4.75. The molecule has 4 aromatic rings. The van der Waals surface area contributed by atoms with Crippen molar-refractivity contribution in [1.82, 2.24) is 24.8 Å². The molecule has 21 heavy (non-hydrogen) atoms. The normalized spacial score (nSPS) is 11.1. The average molecular weight is 293 g/mol. The predicted octanol–water partition coefficient (Wildman–Crippen LogP) is 3.22. The second-order valence-corrected chi connectivity index (χ2v) is 5.69. The number of benzene rings is 1. The number of aryl methyl sites for hydroxylation is 1. The summed E-state index contributed by atoms with van der Waals surface area (Å²) in [4.78, 5) is 4.91. The first kappa shape index (κ1) is 12.2. The van der Waals surface area contributed by atoms with Gasteiger partial charge in [-0.1, -0.05) is 41.2 Å². The van der Waals surface area contributed by atoms with Crippen molar-refractivity contribution in [2.24, 2.45) is 0 Å². The number of hydrogen-bond acceptors (Lipinski definition) is 5. The predicted molar refractivity (Wildman–Crippen MR) is 82.1 cm³/mol. The Balaban J connectivity index is 1.85. The van der Waals surface area contributed by atoms with E-state index in [0.29, 0.717) is 0 Å². The van der Waals surface area contributed by atoms with Crippen LogP contribution in [0.3, 0.4) is 0 Å². The maximum Gasteiger partial charge on any atom is 0.235 e. The van der Waals surface area contributed by atoms with Gasteiger partial charge < -0.3 is 0 Å². The fraction of sp³-hybridized carbons (Fsp3) is 0.0667. The zero-order valence-corrected chi connectivity index (χ0v) is 12.1. The van der Waals surface area contributed by atoms with Crippen LogP contribution >= 0.6 is 11.3 Å². The first-order valence-corrected chi connectivity index (χ1v) is 7.32. The summed E-state index contributed by atoms with van der Waals surface area (Å²) in [7, 11) is 0. The molecule has 0 bridgehead atoms. The molecule has 0 saturated heterocycles. The molecule has 0 fully saturated rings. The van der Waals surface area contributed by atoms with E-state index in [1.165, 1.54) is 16.9 Å². The third-order valence-corrected chi connectivity index (χ3v) is 4.16. The van der Waals surface area contributed by atoms with Crippen molar-refractivity contribution in [1.29, 1.82) is 0 Å². The van der Waals surface area contributed by atoms with E-state index in [1.807, 2.05) is 24.3 Å². The Kier molecular flexibility index (Phi) is 2.75. The number of nitrogens with zero attached hydrogens (tertiary/aromatic N) is 5. The van der Waals surface area contributed by atoms with E-state index in [-0.39, 0.29) is 0 Å². The topological polar surface area (TPSA) is 56.0 Å². The third kappa shape index (κ3) is 2.09.